The number of halogens is 2. The summed E-state index contributed by atoms with van der Waals surface area (Å²) in [5.74, 6) is -1.27. The number of nitrogens with zero attached hydrogens (tertiary/aromatic N) is 2. The molecule has 180 valence electrons. The number of likely N-dealkylation sites (N-methyl/N-ethyl adjacent to an activating group) is 1. The fraction of sp³-hybridized carbons (Fsp3) is 0.391. The maximum Gasteiger partial charge on any atom is 0.242 e. The van der Waals surface area contributed by atoms with E-state index < -0.39 is 21.9 Å². The van der Waals surface area contributed by atoms with Crippen molar-refractivity contribution in [2.24, 2.45) is 0 Å². The van der Waals surface area contributed by atoms with Gasteiger partial charge in [0.05, 0.1) is 11.9 Å². The van der Waals surface area contributed by atoms with Crippen LogP contribution in [0.2, 0.25) is 5.02 Å². The van der Waals surface area contributed by atoms with Gasteiger partial charge in [-0.2, -0.15) is 0 Å². The van der Waals surface area contributed by atoms with Crippen LogP contribution in [0.15, 0.2) is 48.5 Å². The van der Waals surface area contributed by atoms with Crippen LogP contribution >= 0.6 is 11.6 Å². The van der Waals surface area contributed by atoms with Gasteiger partial charge >= 0.3 is 0 Å². The summed E-state index contributed by atoms with van der Waals surface area (Å²) in [6, 6.07) is 11.8. The number of benzene rings is 2. The molecule has 0 spiro atoms. The molecule has 2 rings (SSSR count). The van der Waals surface area contributed by atoms with E-state index in [0.717, 1.165) is 16.1 Å². The number of hydrogen-bond acceptors (Lipinski definition) is 4. The lowest BCUT2D eigenvalue weighted by Crippen LogP contribution is -2.47. The van der Waals surface area contributed by atoms with Crippen LogP contribution in [0, 0.1) is 5.82 Å². The molecule has 10 heteroatoms. The molecule has 0 bridgehead atoms. The lowest BCUT2D eigenvalue weighted by Gasteiger charge is -2.29. The van der Waals surface area contributed by atoms with E-state index in [1.54, 1.807) is 44.2 Å². The molecule has 2 aromatic rings. The molecule has 0 radical (unpaired) electrons. The first-order chi connectivity index (χ1) is 15.5. The van der Waals surface area contributed by atoms with Gasteiger partial charge in [-0.05, 0) is 50.1 Å². The molecule has 0 aliphatic carbocycles. The number of hydrogen-bond donors (Lipinski definition) is 1. The Morgan fingerprint density at radius 2 is 1.76 bits per heavy atom. The summed E-state index contributed by atoms with van der Waals surface area (Å²) in [5.41, 5.74) is 0.731. The molecule has 7 nitrogen and oxygen atoms in total. The largest absolute Gasteiger partial charge is 0.355 e. The summed E-state index contributed by atoms with van der Waals surface area (Å²) in [6.45, 7) is 3.98. The molecule has 0 fully saturated rings. The van der Waals surface area contributed by atoms with Crippen LogP contribution in [0.4, 0.5) is 10.1 Å². The van der Waals surface area contributed by atoms with E-state index in [1.807, 2.05) is 0 Å². The van der Waals surface area contributed by atoms with Crippen LogP contribution in [-0.2, 0) is 26.2 Å². The first-order valence-electron chi connectivity index (χ1n) is 10.6. The molecule has 0 heterocycles. The lowest BCUT2D eigenvalue weighted by molar-refractivity contribution is -0.140. The van der Waals surface area contributed by atoms with Gasteiger partial charge in [-0.15, -0.1) is 0 Å². The summed E-state index contributed by atoms with van der Waals surface area (Å²) >= 11 is 5.94. The second-order valence-corrected chi connectivity index (χ2v) is 9.95. The minimum Gasteiger partial charge on any atom is -0.355 e. The quantitative estimate of drug-likeness (QED) is 0.514. The average Bonchev–Trinajstić information content (AvgIpc) is 2.76. The number of rotatable bonds is 11. The third kappa shape index (κ3) is 7.71. The second kappa shape index (κ2) is 12.0. The Morgan fingerprint density at radius 3 is 2.33 bits per heavy atom. The number of amides is 2. The summed E-state index contributed by atoms with van der Waals surface area (Å²) in [7, 11) is -3.76. The maximum absolute atomic E-state index is 14.2. The minimum absolute atomic E-state index is 0.0161. The molecule has 1 atom stereocenters. The van der Waals surface area contributed by atoms with Crippen molar-refractivity contribution >= 4 is 39.1 Å². The summed E-state index contributed by atoms with van der Waals surface area (Å²) in [6.07, 6.45) is 1.13. The number of anilines is 1. The fourth-order valence-electron chi connectivity index (χ4n) is 3.33. The van der Waals surface area contributed by atoms with Crippen molar-refractivity contribution in [3.63, 3.8) is 0 Å². The van der Waals surface area contributed by atoms with Gasteiger partial charge in [-0.1, -0.05) is 35.9 Å². The number of nitrogens with one attached hydrogen (secondary N) is 1. The molecule has 0 unspecified atom stereocenters. The van der Waals surface area contributed by atoms with Crippen molar-refractivity contribution < 1.29 is 22.4 Å². The molecule has 1 N–H and O–H groups in total. The Morgan fingerprint density at radius 1 is 1.12 bits per heavy atom. The fourth-order valence-corrected chi connectivity index (χ4v) is 4.42. The van der Waals surface area contributed by atoms with E-state index in [2.05, 4.69) is 5.32 Å². The van der Waals surface area contributed by atoms with Crippen LogP contribution in [0.25, 0.3) is 0 Å². The molecular weight excluding hydrogens is 469 g/mol. The van der Waals surface area contributed by atoms with Gasteiger partial charge in [0.15, 0.2) is 0 Å². The maximum atomic E-state index is 14.2. The Labute approximate surface area is 199 Å². The van der Waals surface area contributed by atoms with Gasteiger partial charge < -0.3 is 10.2 Å². The zero-order chi connectivity index (χ0) is 24.6. The van der Waals surface area contributed by atoms with E-state index in [-0.39, 0.29) is 43.4 Å². The lowest BCUT2D eigenvalue weighted by atomic mass is 10.1. The SMILES string of the molecule is CCNC(=O)[C@H](C)N(Cc1ccc(Cl)cc1)C(=O)CCCN(c1ccccc1F)S(C)(=O)=O. The Hall–Kier alpha value is -2.65. The van der Waals surface area contributed by atoms with Gasteiger partial charge in [-0.25, -0.2) is 12.8 Å². The van der Waals surface area contributed by atoms with Gasteiger partial charge in [0.1, 0.15) is 11.9 Å². The highest BCUT2D eigenvalue weighted by atomic mass is 35.5. The second-order valence-electron chi connectivity index (χ2n) is 7.61. The molecule has 2 amide bonds. The van der Waals surface area contributed by atoms with E-state index in [1.165, 1.54) is 23.1 Å². The average molecular weight is 498 g/mol. The topological polar surface area (TPSA) is 86.8 Å². The number of carbonyl (C=O) groups excluding carboxylic acids is 2. The zero-order valence-electron chi connectivity index (χ0n) is 18.9. The van der Waals surface area contributed by atoms with E-state index in [9.17, 15) is 22.4 Å². The summed E-state index contributed by atoms with van der Waals surface area (Å²) < 4.78 is 39.6. The highest BCUT2D eigenvalue weighted by Gasteiger charge is 2.26. The molecular formula is C23H29ClFN3O4S. The summed E-state index contributed by atoms with van der Waals surface area (Å²) in [4.78, 5) is 26.9. The van der Waals surface area contributed by atoms with Gasteiger partial charge in [0.25, 0.3) is 0 Å². The van der Waals surface area contributed by atoms with E-state index in [0.29, 0.717) is 11.6 Å². The number of sulfonamides is 1. The van der Waals surface area contributed by atoms with Crippen LogP contribution in [0.1, 0.15) is 32.3 Å². The molecule has 0 aliphatic heterocycles. The Kier molecular flexibility index (Phi) is 9.67. The van der Waals surface area contributed by atoms with Gasteiger partial charge in [0.2, 0.25) is 21.8 Å². The normalized spacial score (nSPS) is 12.2. The van der Waals surface area contributed by atoms with Crippen molar-refractivity contribution in [1.29, 1.82) is 0 Å². The number of carbonyl (C=O) groups is 2. The van der Waals surface area contributed by atoms with Crippen LogP contribution in [0.5, 0.6) is 0 Å². The zero-order valence-corrected chi connectivity index (χ0v) is 20.5. The van der Waals surface area contributed by atoms with Crippen molar-refractivity contribution in [1.82, 2.24) is 10.2 Å². The standard InChI is InChI=1S/C23H29ClFN3O4S/c1-4-26-23(30)17(2)27(16-18-11-13-19(24)14-12-18)22(29)10-7-15-28(33(3,31)32)21-9-6-5-8-20(21)25/h5-6,8-9,11-14,17H,4,7,10,15-16H2,1-3H3,(H,26,30)/t17-/m0/s1. The molecule has 0 aliphatic rings. The highest BCUT2D eigenvalue weighted by molar-refractivity contribution is 7.92. The molecule has 33 heavy (non-hydrogen) atoms. The van der Waals surface area contributed by atoms with Crippen LogP contribution in [0.3, 0.4) is 0 Å². The third-order valence-corrected chi connectivity index (χ3v) is 6.49. The van der Waals surface area contributed by atoms with E-state index in [4.69, 9.17) is 11.6 Å². The van der Waals surface area contributed by atoms with Crippen molar-refractivity contribution in [3.8, 4) is 0 Å². The molecule has 0 saturated heterocycles. The van der Waals surface area contributed by atoms with E-state index >= 15 is 0 Å². The van der Waals surface area contributed by atoms with Crippen LogP contribution < -0.4 is 9.62 Å². The van der Waals surface area contributed by atoms with Crippen molar-refractivity contribution in [2.75, 3.05) is 23.7 Å². The predicted octanol–water partition coefficient (Wildman–Crippen LogP) is 3.58. The smallest absolute Gasteiger partial charge is 0.242 e. The van der Waals surface area contributed by atoms with Crippen LogP contribution in [-0.4, -0.2) is 50.5 Å². The van der Waals surface area contributed by atoms with Gasteiger partial charge in [0, 0.05) is 31.1 Å². The first kappa shape index (κ1) is 26.6. The van der Waals surface area contributed by atoms with Gasteiger partial charge in [-0.3, -0.25) is 13.9 Å². The molecule has 0 saturated carbocycles. The monoisotopic (exact) mass is 497 g/mol. The highest BCUT2D eigenvalue weighted by Crippen LogP contribution is 2.22. The molecule has 2 aromatic carbocycles. The Balaban J connectivity index is 2.15. The number of para-hydroxylation sites is 1. The minimum atomic E-state index is -3.76. The Bertz CT molecular complexity index is 1060. The van der Waals surface area contributed by atoms with Crippen molar-refractivity contribution in [3.05, 3.63) is 64.9 Å². The molecule has 0 aromatic heterocycles. The third-order valence-electron chi connectivity index (χ3n) is 5.06. The predicted molar refractivity (Wildman–Crippen MR) is 128 cm³/mol. The summed E-state index contributed by atoms with van der Waals surface area (Å²) in [5, 5.41) is 3.27. The van der Waals surface area contributed by atoms with Crippen molar-refractivity contribution in [2.45, 2.75) is 39.3 Å². The first-order valence-corrected chi connectivity index (χ1v) is 12.8.